The number of hydrogen-bond donors (Lipinski definition) is 1. The molecule has 2 aromatic rings. The average molecular weight is 329 g/mol. The summed E-state index contributed by atoms with van der Waals surface area (Å²) in [5.74, 6) is -0.0514. The highest BCUT2D eigenvalue weighted by Gasteiger charge is 2.08. The van der Waals surface area contributed by atoms with Crippen molar-refractivity contribution in [3.63, 3.8) is 0 Å². The average Bonchev–Trinajstić information content (AvgIpc) is 2.82. The molecule has 0 atom stereocenters. The number of ether oxygens (including phenoxy) is 1. The molecule has 0 saturated heterocycles. The van der Waals surface area contributed by atoms with Crippen LogP contribution < -0.4 is 10.1 Å². The fourth-order valence-corrected chi connectivity index (χ4v) is 1.70. The molecule has 0 aliphatic rings. The van der Waals surface area contributed by atoms with Crippen molar-refractivity contribution < 1.29 is 13.5 Å². The molecule has 1 N–H and O–H groups in total. The molecular weight excluding hydrogens is 315 g/mol. The summed E-state index contributed by atoms with van der Waals surface area (Å²) in [6.45, 7) is 3.63. The number of nitrogens with one attached hydrogen (secondary N) is 1. The van der Waals surface area contributed by atoms with E-state index < -0.39 is 5.82 Å². The summed E-state index contributed by atoms with van der Waals surface area (Å²) in [4.78, 5) is 4.14. The van der Waals surface area contributed by atoms with Crippen LogP contribution in [0.1, 0.15) is 19.0 Å². The minimum absolute atomic E-state index is 0.107. The predicted molar refractivity (Wildman–Crippen MR) is 72.7 cm³/mol. The van der Waals surface area contributed by atoms with Gasteiger partial charge in [0.1, 0.15) is 17.8 Å². The Hall–Kier alpha value is -1.40. The Bertz CT molecular complexity index is 545. The van der Waals surface area contributed by atoms with Crippen molar-refractivity contribution in [1.29, 1.82) is 0 Å². The maximum absolute atomic E-state index is 13.3. The van der Waals surface area contributed by atoms with Gasteiger partial charge in [-0.3, -0.25) is 0 Å². The van der Waals surface area contributed by atoms with Gasteiger partial charge in [0, 0.05) is 12.6 Å². The Kier molecular flexibility index (Phi) is 4.93. The van der Waals surface area contributed by atoms with E-state index in [0.717, 1.165) is 18.7 Å². The molecule has 0 amide bonds. The molecule has 0 saturated carbocycles. The van der Waals surface area contributed by atoms with Crippen LogP contribution in [0.4, 0.5) is 4.39 Å². The Balaban J connectivity index is 1.97. The molecule has 0 unspecified atom stereocenters. The molecule has 2 rings (SSSR count). The normalized spacial score (nSPS) is 10.7. The Morgan fingerprint density at radius 1 is 1.47 bits per heavy atom. The lowest BCUT2D eigenvalue weighted by Crippen LogP contribution is -2.13. The van der Waals surface area contributed by atoms with Gasteiger partial charge in [-0.2, -0.15) is 4.98 Å². The van der Waals surface area contributed by atoms with Crippen LogP contribution in [0.2, 0.25) is 0 Å². The fraction of sp³-hybridized carbons (Fsp3) is 0.308. The molecule has 0 bridgehead atoms. The van der Waals surface area contributed by atoms with Crippen molar-refractivity contribution in [3.05, 3.63) is 40.4 Å². The fourth-order valence-electron chi connectivity index (χ4n) is 1.45. The number of halogens is 2. The minimum Gasteiger partial charge on any atom is -0.417 e. The standard InChI is InChI=1S/C13H14BrFN2O2/c1-2-5-16-7-9-8-18-13(17-9)19-10-3-4-11(14)12(15)6-10/h3-4,6,8,16H,2,5,7H2,1H3. The van der Waals surface area contributed by atoms with Crippen LogP contribution in [0.25, 0.3) is 0 Å². The van der Waals surface area contributed by atoms with Crippen molar-refractivity contribution >= 4 is 15.9 Å². The molecule has 1 aromatic heterocycles. The SMILES string of the molecule is CCCNCc1coc(Oc2ccc(Br)c(F)c2)n1. The summed E-state index contributed by atoms with van der Waals surface area (Å²) < 4.78 is 24.2. The Morgan fingerprint density at radius 2 is 2.32 bits per heavy atom. The number of rotatable bonds is 6. The second-order valence-corrected chi connectivity index (χ2v) is 4.81. The highest BCUT2D eigenvalue weighted by molar-refractivity contribution is 9.10. The number of benzene rings is 1. The molecule has 1 aromatic carbocycles. The van der Waals surface area contributed by atoms with E-state index >= 15 is 0 Å². The highest BCUT2D eigenvalue weighted by atomic mass is 79.9. The van der Waals surface area contributed by atoms with Crippen molar-refractivity contribution in [2.45, 2.75) is 19.9 Å². The van der Waals surface area contributed by atoms with Crippen LogP contribution in [-0.4, -0.2) is 11.5 Å². The summed E-state index contributed by atoms with van der Waals surface area (Å²) in [6.07, 6.45) is 2.68. The molecular formula is C13H14BrFN2O2. The summed E-state index contributed by atoms with van der Waals surface area (Å²) >= 11 is 3.08. The van der Waals surface area contributed by atoms with E-state index in [4.69, 9.17) is 9.15 Å². The molecule has 0 fully saturated rings. The highest BCUT2D eigenvalue weighted by Crippen LogP contribution is 2.25. The van der Waals surface area contributed by atoms with Gasteiger partial charge in [-0.05, 0) is 41.0 Å². The zero-order chi connectivity index (χ0) is 13.7. The summed E-state index contributed by atoms with van der Waals surface area (Å²) in [5, 5.41) is 3.20. The second kappa shape index (κ2) is 6.68. The van der Waals surface area contributed by atoms with Gasteiger partial charge in [0.15, 0.2) is 0 Å². The first kappa shape index (κ1) is 14.0. The van der Waals surface area contributed by atoms with Crippen LogP contribution in [0, 0.1) is 5.82 Å². The first-order valence-corrected chi connectivity index (χ1v) is 6.76. The topological polar surface area (TPSA) is 47.3 Å². The van der Waals surface area contributed by atoms with Crippen LogP contribution in [0.3, 0.4) is 0 Å². The number of hydrogen-bond acceptors (Lipinski definition) is 4. The monoisotopic (exact) mass is 328 g/mol. The molecule has 102 valence electrons. The van der Waals surface area contributed by atoms with Crippen LogP contribution in [-0.2, 0) is 6.54 Å². The van der Waals surface area contributed by atoms with Crippen LogP contribution in [0.5, 0.6) is 11.8 Å². The molecule has 0 spiro atoms. The lowest BCUT2D eigenvalue weighted by molar-refractivity contribution is 0.329. The molecule has 6 heteroatoms. The third-order valence-electron chi connectivity index (χ3n) is 2.36. The molecule has 1 heterocycles. The number of nitrogens with zero attached hydrogens (tertiary/aromatic N) is 1. The third-order valence-corrected chi connectivity index (χ3v) is 3.00. The van der Waals surface area contributed by atoms with Crippen molar-refractivity contribution in [1.82, 2.24) is 10.3 Å². The molecule has 0 radical (unpaired) electrons. The van der Waals surface area contributed by atoms with E-state index in [-0.39, 0.29) is 6.08 Å². The minimum atomic E-state index is -0.395. The predicted octanol–water partition coefficient (Wildman–Crippen LogP) is 3.87. The third kappa shape index (κ3) is 4.04. The summed E-state index contributed by atoms with van der Waals surface area (Å²) in [5.41, 5.74) is 0.751. The van der Waals surface area contributed by atoms with E-state index in [1.54, 1.807) is 12.1 Å². The largest absolute Gasteiger partial charge is 0.417 e. The van der Waals surface area contributed by atoms with Gasteiger partial charge >= 0.3 is 6.08 Å². The second-order valence-electron chi connectivity index (χ2n) is 3.96. The van der Waals surface area contributed by atoms with E-state index in [1.165, 1.54) is 12.3 Å². The Morgan fingerprint density at radius 3 is 3.05 bits per heavy atom. The van der Waals surface area contributed by atoms with Gasteiger partial charge < -0.3 is 14.5 Å². The Labute approximate surface area is 119 Å². The van der Waals surface area contributed by atoms with Crippen LogP contribution in [0.15, 0.2) is 33.4 Å². The van der Waals surface area contributed by atoms with Crippen molar-refractivity contribution in [3.8, 4) is 11.8 Å². The molecule has 0 aliphatic carbocycles. The molecule has 4 nitrogen and oxygen atoms in total. The van der Waals surface area contributed by atoms with E-state index in [1.807, 2.05) is 0 Å². The van der Waals surface area contributed by atoms with Gasteiger partial charge in [-0.15, -0.1) is 0 Å². The van der Waals surface area contributed by atoms with Gasteiger partial charge in [0.2, 0.25) is 0 Å². The number of aromatic nitrogens is 1. The quantitative estimate of drug-likeness (QED) is 0.818. The van der Waals surface area contributed by atoms with Gasteiger partial charge in [-0.25, -0.2) is 4.39 Å². The summed E-state index contributed by atoms with van der Waals surface area (Å²) in [7, 11) is 0. The maximum atomic E-state index is 13.3. The van der Waals surface area contributed by atoms with Gasteiger partial charge in [-0.1, -0.05) is 6.92 Å². The number of oxazole rings is 1. The smallest absolute Gasteiger partial charge is 0.399 e. The van der Waals surface area contributed by atoms with Crippen molar-refractivity contribution in [2.75, 3.05) is 6.54 Å². The lowest BCUT2D eigenvalue weighted by Gasteiger charge is -2.01. The van der Waals surface area contributed by atoms with E-state index in [0.29, 0.717) is 16.8 Å². The lowest BCUT2D eigenvalue weighted by atomic mass is 10.3. The van der Waals surface area contributed by atoms with Gasteiger partial charge in [0.05, 0.1) is 10.2 Å². The zero-order valence-electron chi connectivity index (χ0n) is 10.5. The van der Waals surface area contributed by atoms with Gasteiger partial charge in [0.25, 0.3) is 0 Å². The van der Waals surface area contributed by atoms with Crippen molar-refractivity contribution in [2.24, 2.45) is 0 Å². The molecule has 0 aliphatic heterocycles. The van der Waals surface area contributed by atoms with E-state index in [9.17, 15) is 4.39 Å². The first-order chi connectivity index (χ1) is 9.19. The zero-order valence-corrected chi connectivity index (χ0v) is 12.0. The first-order valence-electron chi connectivity index (χ1n) is 5.97. The van der Waals surface area contributed by atoms with Crippen LogP contribution >= 0.6 is 15.9 Å². The summed E-state index contributed by atoms with van der Waals surface area (Å²) in [6, 6.07) is 4.47. The molecule has 19 heavy (non-hydrogen) atoms. The maximum Gasteiger partial charge on any atom is 0.399 e. The van der Waals surface area contributed by atoms with E-state index in [2.05, 4.69) is 33.2 Å².